The van der Waals surface area contributed by atoms with Crippen molar-refractivity contribution in [2.24, 2.45) is 11.7 Å². The fraction of sp³-hybridized carbons (Fsp3) is 0.500. The van der Waals surface area contributed by atoms with E-state index in [1.807, 2.05) is 6.92 Å². The van der Waals surface area contributed by atoms with Gasteiger partial charge in [0.1, 0.15) is 5.75 Å². The maximum Gasteiger partial charge on any atom is 0.310 e. The van der Waals surface area contributed by atoms with Crippen LogP contribution in [0.2, 0.25) is 0 Å². The normalized spacial score (nSPS) is 12.7. The lowest BCUT2D eigenvalue weighted by Gasteiger charge is -2.17. The second kappa shape index (κ2) is 10.9. The molecule has 0 aliphatic heterocycles. The molecule has 2 unspecified atom stereocenters. The molecule has 23 heavy (non-hydrogen) atoms. The number of hydrogen-bond acceptors (Lipinski definition) is 5. The summed E-state index contributed by atoms with van der Waals surface area (Å²) in [4.78, 5) is 23.7. The van der Waals surface area contributed by atoms with Crippen molar-refractivity contribution in [2.45, 2.75) is 32.2 Å². The van der Waals surface area contributed by atoms with Crippen molar-refractivity contribution in [1.82, 2.24) is 5.32 Å². The molecule has 1 amide bonds. The monoisotopic (exact) mass is 344 g/mol. The topological polar surface area (TPSA) is 102 Å². The van der Waals surface area contributed by atoms with Crippen LogP contribution in [-0.2, 0) is 20.7 Å². The summed E-state index contributed by atoms with van der Waals surface area (Å²) in [5.41, 5.74) is 6.61. The third-order valence-corrected chi connectivity index (χ3v) is 3.41. The zero-order valence-electron chi connectivity index (χ0n) is 13.5. The molecule has 2 atom stereocenters. The highest BCUT2D eigenvalue weighted by molar-refractivity contribution is 5.85. The maximum absolute atomic E-state index is 11.8. The van der Waals surface area contributed by atoms with E-state index in [2.05, 4.69) is 5.32 Å². The number of esters is 1. The number of carbonyl (C=O) groups excluding carboxylic acids is 2. The van der Waals surface area contributed by atoms with Gasteiger partial charge in [-0.25, -0.2) is 0 Å². The van der Waals surface area contributed by atoms with Gasteiger partial charge in [-0.15, -0.1) is 12.4 Å². The molecular formula is C16H25ClN2O4. The van der Waals surface area contributed by atoms with Crippen LogP contribution >= 0.6 is 12.4 Å². The summed E-state index contributed by atoms with van der Waals surface area (Å²) in [5, 5.41) is 12.0. The Balaban J connectivity index is 0.00000484. The Labute approximate surface area is 142 Å². The number of aromatic hydroxyl groups is 1. The van der Waals surface area contributed by atoms with Crippen molar-refractivity contribution < 1.29 is 19.4 Å². The van der Waals surface area contributed by atoms with Crippen LogP contribution < -0.4 is 11.1 Å². The van der Waals surface area contributed by atoms with Crippen molar-refractivity contribution in [3.8, 4) is 5.75 Å². The average Bonchev–Trinajstić information content (AvgIpc) is 2.52. The van der Waals surface area contributed by atoms with Gasteiger partial charge < -0.3 is 20.9 Å². The van der Waals surface area contributed by atoms with Gasteiger partial charge in [-0.1, -0.05) is 25.5 Å². The number of phenols is 1. The molecule has 0 aromatic heterocycles. The van der Waals surface area contributed by atoms with Crippen LogP contribution in [0, 0.1) is 5.92 Å². The number of amides is 1. The molecular weight excluding hydrogens is 320 g/mol. The summed E-state index contributed by atoms with van der Waals surface area (Å²) >= 11 is 0. The molecule has 0 radical (unpaired) electrons. The van der Waals surface area contributed by atoms with Crippen molar-refractivity contribution in [3.63, 3.8) is 0 Å². The fourth-order valence-electron chi connectivity index (χ4n) is 2.12. The van der Waals surface area contributed by atoms with Crippen LogP contribution in [0.5, 0.6) is 5.75 Å². The minimum Gasteiger partial charge on any atom is -0.508 e. The van der Waals surface area contributed by atoms with Crippen molar-refractivity contribution in [2.75, 3.05) is 13.7 Å². The van der Waals surface area contributed by atoms with Crippen LogP contribution in [0.1, 0.15) is 25.3 Å². The molecule has 4 N–H and O–H groups in total. The summed E-state index contributed by atoms with van der Waals surface area (Å²) in [6, 6.07) is 6.02. The first-order valence-electron chi connectivity index (χ1n) is 7.37. The lowest BCUT2D eigenvalue weighted by Crippen LogP contribution is -2.43. The summed E-state index contributed by atoms with van der Waals surface area (Å²) in [6.45, 7) is 2.12. The molecule has 0 bridgehead atoms. The lowest BCUT2D eigenvalue weighted by atomic mass is 9.99. The standard InChI is InChI=1S/C16H24N2O4.ClH/c1-3-4-14(17)15(20)18-10-12(16(21)22-2)9-11-5-7-13(19)8-6-11;/h5-8,12,14,19H,3-4,9-10,17H2,1-2H3,(H,18,20);1H. The molecule has 0 heterocycles. The first-order valence-corrected chi connectivity index (χ1v) is 7.37. The van der Waals surface area contributed by atoms with E-state index in [1.165, 1.54) is 7.11 Å². The highest BCUT2D eigenvalue weighted by Crippen LogP contribution is 2.14. The van der Waals surface area contributed by atoms with Crippen molar-refractivity contribution in [3.05, 3.63) is 29.8 Å². The zero-order chi connectivity index (χ0) is 16.5. The van der Waals surface area contributed by atoms with E-state index < -0.39 is 17.9 Å². The maximum atomic E-state index is 11.8. The summed E-state index contributed by atoms with van der Waals surface area (Å²) in [7, 11) is 1.32. The van der Waals surface area contributed by atoms with E-state index in [1.54, 1.807) is 24.3 Å². The van der Waals surface area contributed by atoms with E-state index in [9.17, 15) is 14.7 Å². The third kappa shape index (κ3) is 7.34. The van der Waals surface area contributed by atoms with Crippen LogP contribution in [-0.4, -0.2) is 36.7 Å². The van der Waals surface area contributed by atoms with Crippen LogP contribution in [0.3, 0.4) is 0 Å². The largest absolute Gasteiger partial charge is 0.508 e. The summed E-state index contributed by atoms with van der Waals surface area (Å²) in [6.07, 6.45) is 1.84. The van der Waals surface area contributed by atoms with Crippen molar-refractivity contribution in [1.29, 1.82) is 0 Å². The van der Waals surface area contributed by atoms with Crippen LogP contribution in [0.4, 0.5) is 0 Å². The van der Waals surface area contributed by atoms with E-state index in [0.717, 1.165) is 12.0 Å². The second-order valence-corrected chi connectivity index (χ2v) is 5.23. The molecule has 1 rings (SSSR count). The average molecular weight is 345 g/mol. The summed E-state index contributed by atoms with van der Waals surface area (Å²) < 4.78 is 4.78. The third-order valence-electron chi connectivity index (χ3n) is 3.41. The number of methoxy groups -OCH3 is 1. The summed E-state index contributed by atoms with van der Waals surface area (Å²) in [5.74, 6) is -0.983. The van der Waals surface area contributed by atoms with Gasteiger partial charge in [0.25, 0.3) is 0 Å². The van der Waals surface area contributed by atoms with Gasteiger partial charge in [-0.05, 0) is 30.5 Å². The SMILES string of the molecule is CCCC(N)C(=O)NCC(Cc1ccc(O)cc1)C(=O)OC.Cl. The fourth-order valence-corrected chi connectivity index (χ4v) is 2.12. The van der Waals surface area contributed by atoms with E-state index in [4.69, 9.17) is 10.5 Å². The van der Waals surface area contributed by atoms with Gasteiger partial charge in [-0.2, -0.15) is 0 Å². The quantitative estimate of drug-likeness (QED) is 0.618. The molecule has 0 spiro atoms. The molecule has 7 heteroatoms. The van der Waals surface area contributed by atoms with Crippen LogP contribution in [0.15, 0.2) is 24.3 Å². The van der Waals surface area contributed by atoms with Gasteiger partial charge in [-0.3, -0.25) is 9.59 Å². The van der Waals surface area contributed by atoms with Gasteiger partial charge in [0, 0.05) is 6.54 Å². The second-order valence-electron chi connectivity index (χ2n) is 5.23. The molecule has 6 nitrogen and oxygen atoms in total. The van der Waals surface area contributed by atoms with Crippen LogP contribution in [0.25, 0.3) is 0 Å². The number of nitrogens with two attached hydrogens (primary N) is 1. The van der Waals surface area contributed by atoms with E-state index in [-0.39, 0.29) is 30.6 Å². The van der Waals surface area contributed by atoms with Crippen molar-refractivity contribution >= 4 is 24.3 Å². The number of rotatable bonds is 8. The Morgan fingerprint density at radius 3 is 2.43 bits per heavy atom. The Morgan fingerprint density at radius 2 is 1.91 bits per heavy atom. The smallest absolute Gasteiger partial charge is 0.310 e. The molecule has 0 fully saturated rings. The number of phenolic OH excluding ortho intramolecular Hbond substituents is 1. The first-order chi connectivity index (χ1) is 10.5. The molecule has 0 aliphatic rings. The minimum atomic E-state index is -0.558. The first kappa shape index (κ1) is 21.2. The Morgan fingerprint density at radius 1 is 1.30 bits per heavy atom. The molecule has 0 aliphatic carbocycles. The molecule has 1 aromatic rings. The van der Waals surface area contributed by atoms with E-state index in [0.29, 0.717) is 12.8 Å². The number of halogens is 1. The number of nitrogens with one attached hydrogen (secondary N) is 1. The van der Waals surface area contributed by atoms with Gasteiger partial charge in [0.05, 0.1) is 19.1 Å². The number of hydrogen-bond donors (Lipinski definition) is 3. The predicted molar refractivity (Wildman–Crippen MR) is 90.5 cm³/mol. The highest BCUT2D eigenvalue weighted by atomic mass is 35.5. The Kier molecular flexibility index (Phi) is 10.0. The number of benzene rings is 1. The number of ether oxygens (including phenoxy) is 1. The van der Waals surface area contributed by atoms with Gasteiger partial charge in [0.15, 0.2) is 0 Å². The predicted octanol–water partition coefficient (Wildman–Crippen LogP) is 1.39. The molecule has 0 saturated heterocycles. The van der Waals surface area contributed by atoms with Gasteiger partial charge >= 0.3 is 5.97 Å². The number of carbonyl (C=O) groups is 2. The Hall–Kier alpha value is -1.79. The molecule has 130 valence electrons. The van der Waals surface area contributed by atoms with Gasteiger partial charge in [0.2, 0.25) is 5.91 Å². The molecule has 0 saturated carbocycles. The highest BCUT2D eigenvalue weighted by Gasteiger charge is 2.22. The minimum absolute atomic E-state index is 0. The van der Waals surface area contributed by atoms with E-state index >= 15 is 0 Å². The zero-order valence-corrected chi connectivity index (χ0v) is 14.3. The Bertz CT molecular complexity index is 493. The molecule has 1 aromatic carbocycles. The lowest BCUT2D eigenvalue weighted by molar-refractivity contribution is -0.145.